The average molecular weight is 535 g/mol. The lowest BCUT2D eigenvalue weighted by atomic mass is 10.0. The summed E-state index contributed by atoms with van der Waals surface area (Å²) in [5.41, 5.74) is 3.82. The third-order valence-corrected chi connectivity index (χ3v) is 5.81. The fourth-order valence-corrected chi connectivity index (χ4v) is 4.16. The molecule has 0 unspecified atom stereocenters. The number of nitrogens with one attached hydrogen (secondary N) is 2. The molecule has 2 N–H and O–H groups in total. The van der Waals surface area contributed by atoms with Gasteiger partial charge >= 0.3 is 0 Å². The Balaban J connectivity index is 0.00000272. The molecule has 0 radical (unpaired) electrons. The lowest BCUT2D eigenvalue weighted by Gasteiger charge is -2.32. The summed E-state index contributed by atoms with van der Waals surface area (Å²) in [7, 11) is 0. The number of ether oxygens (including phenoxy) is 1. The molecule has 0 saturated carbocycles. The van der Waals surface area contributed by atoms with Crippen LogP contribution < -0.4 is 15.4 Å². The molecule has 2 aliphatic heterocycles. The van der Waals surface area contributed by atoms with Crippen LogP contribution in [0.2, 0.25) is 0 Å². The molecule has 31 heavy (non-hydrogen) atoms. The zero-order chi connectivity index (χ0) is 20.6. The van der Waals surface area contributed by atoms with Gasteiger partial charge in [0.15, 0.2) is 5.96 Å². The van der Waals surface area contributed by atoms with Crippen molar-refractivity contribution in [2.45, 2.75) is 45.2 Å². The fraction of sp³-hybridized carbons (Fsp3) is 0.500. The van der Waals surface area contributed by atoms with E-state index in [1.807, 2.05) is 12.3 Å². The van der Waals surface area contributed by atoms with Crippen LogP contribution in [-0.4, -0.2) is 54.7 Å². The predicted molar refractivity (Wildman–Crippen MR) is 136 cm³/mol. The molecule has 1 aromatic heterocycles. The molecule has 0 amide bonds. The lowest BCUT2D eigenvalue weighted by molar-refractivity contribution is 0.196. The molecular formula is C24H34IN5O. The number of nitrogens with zero attached hydrogens (tertiary/aromatic N) is 3. The summed E-state index contributed by atoms with van der Waals surface area (Å²) in [6, 6.07) is 13.1. The normalized spacial score (nSPS) is 16.9. The predicted octanol–water partition coefficient (Wildman–Crippen LogP) is 3.40. The second-order valence-corrected chi connectivity index (χ2v) is 8.07. The largest absolute Gasteiger partial charge is 0.493 e. The summed E-state index contributed by atoms with van der Waals surface area (Å²) in [5.74, 6) is 1.98. The second kappa shape index (κ2) is 12.2. The molecule has 0 aliphatic carbocycles. The van der Waals surface area contributed by atoms with Gasteiger partial charge in [-0.2, -0.15) is 0 Å². The Labute approximate surface area is 202 Å². The van der Waals surface area contributed by atoms with E-state index in [0.717, 1.165) is 82.4 Å². The Morgan fingerprint density at radius 3 is 2.87 bits per heavy atom. The first-order chi connectivity index (χ1) is 14.8. The van der Waals surface area contributed by atoms with Gasteiger partial charge < -0.3 is 15.4 Å². The number of hydrogen-bond acceptors (Lipinski definition) is 4. The molecule has 1 fully saturated rings. The SMILES string of the molecule is CCNC(=NCCc1ccc2c(c1)CCO2)NC1CCN(Cc2ccccn2)CC1.I. The molecule has 1 saturated heterocycles. The van der Waals surface area contributed by atoms with E-state index in [0.29, 0.717) is 6.04 Å². The van der Waals surface area contributed by atoms with Gasteiger partial charge in [-0.05, 0) is 55.5 Å². The number of hydrogen-bond donors (Lipinski definition) is 2. The number of aromatic nitrogens is 1. The Morgan fingerprint density at radius 1 is 1.23 bits per heavy atom. The van der Waals surface area contributed by atoms with E-state index >= 15 is 0 Å². The highest BCUT2D eigenvalue weighted by Crippen LogP contribution is 2.26. The van der Waals surface area contributed by atoms with Gasteiger partial charge in [-0.3, -0.25) is 14.9 Å². The van der Waals surface area contributed by atoms with Crippen molar-refractivity contribution in [3.05, 3.63) is 59.4 Å². The minimum Gasteiger partial charge on any atom is -0.493 e. The number of piperidine rings is 1. The van der Waals surface area contributed by atoms with Crippen LogP contribution in [0, 0.1) is 0 Å². The van der Waals surface area contributed by atoms with Crippen molar-refractivity contribution in [2.24, 2.45) is 4.99 Å². The monoisotopic (exact) mass is 535 g/mol. The number of likely N-dealkylation sites (tertiary alicyclic amines) is 1. The van der Waals surface area contributed by atoms with E-state index in [-0.39, 0.29) is 24.0 Å². The number of aliphatic imine (C=N–C) groups is 1. The summed E-state index contributed by atoms with van der Waals surface area (Å²) in [6.07, 6.45) is 6.10. The molecule has 6 nitrogen and oxygen atoms in total. The third kappa shape index (κ3) is 7.07. The maximum Gasteiger partial charge on any atom is 0.191 e. The Morgan fingerprint density at radius 2 is 2.10 bits per heavy atom. The van der Waals surface area contributed by atoms with Crippen LogP contribution >= 0.6 is 24.0 Å². The van der Waals surface area contributed by atoms with Crippen molar-refractivity contribution in [1.29, 1.82) is 0 Å². The summed E-state index contributed by atoms with van der Waals surface area (Å²) < 4.78 is 5.60. The molecule has 4 rings (SSSR count). The second-order valence-electron chi connectivity index (χ2n) is 8.07. The molecule has 3 heterocycles. The van der Waals surface area contributed by atoms with Crippen LogP contribution in [-0.2, 0) is 19.4 Å². The standard InChI is InChI=1S/C24H33N5O.HI/c1-2-25-24(27-13-8-19-6-7-23-20(17-19)11-16-30-23)28-21-9-14-29(15-10-21)18-22-5-3-4-12-26-22;/h3-7,12,17,21H,2,8-11,13-16,18H2,1H3,(H2,25,27,28);1H. The lowest BCUT2D eigenvalue weighted by Crippen LogP contribution is -2.48. The van der Waals surface area contributed by atoms with E-state index in [1.165, 1.54) is 11.1 Å². The number of fused-ring (bicyclic) bond motifs is 1. The van der Waals surface area contributed by atoms with Crippen LogP contribution in [0.15, 0.2) is 47.6 Å². The molecule has 1 aromatic carbocycles. The highest BCUT2D eigenvalue weighted by Gasteiger charge is 2.20. The van der Waals surface area contributed by atoms with Gasteiger partial charge in [-0.25, -0.2) is 0 Å². The minimum absolute atomic E-state index is 0. The first-order valence-electron chi connectivity index (χ1n) is 11.2. The minimum atomic E-state index is 0. The Hall–Kier alpha value is -1.87. The van der Waals surface area contributed by atoms with Crippen molar-refractivity contribution in [3.8, 4) is 5.75 Å². The van der Waals surface area contributed by atoms with Gasteiger partial charge in [0.2, 0.25) is 0 Å². The number of rotatable bonds is 7. The average Bonchev–Trinajstić information content (AvgIpc) is 3.24. The Bertz CT molecular complexity index is 837. The maximum absolute atomic E-state index is 5.60. The molecule has 0 atom stereocenters. The van der Waals surface area contributed by atoms with E-state index in [1.54, 1.807) is 0 Å². The molecule has 0 bridgehead atoms. The van der Waals surface area contributed by atoms with Crippen molar-refractivity contribution in [3.63, 3.8) is 0 Å². The zero-order valence-electron chi connectivity index (χ0n) is 18.3. The number of benzene rings is 1. The molecule has 0 spiro atoms. The van der Waals surface area contributed by atoms with Gasteiger partial charge in [0.25, 0.3) is 0 Å². The third-order valence-electron chi connectivity index (χ3n) is 5.81. The van der Waals surface area contributed by atoms with Crippen LogP contribution in [0.1, 0.15) is 36.6 Å². The first kappa shape index (κ1) is 23.8. The van der Waals surface area contributed by atoms with Crippen molar-refractivity contribution < 1.29 is 4.74 Å². The van der Waals surface area contributed by atoms with Gasteiger partial charge in [0.1, 0.15) is 5.75 Å². The molecule has 2 aromatic rings. The molecule has 168 valence electrons. The van der Waals surface area contributed by atoms with E-state index in [4.69, 9.17) is 9.73 Å². The molecule has 2 aliphatic rings. The van der Waals surface area contributed by atoms with Gasteiger partial charge in [0.05, 0.1) is 12.3 Å². The number of halogens is 1. The highest BCUT2D eigenvalue weighted by molar-refractivity contribution is 14.0. The zero-order valence-corrected chi connectivity index (χ0v) is 20.7. The van der Waals surface area contributed by atoms with Crippen LogP contribution in [0.3, 0.4) is 0 Å². The summed E-state index contributed by atoms with van der Waals surface area (Å²) in [6.45, 7) is 7.70. The van der Waals surface area contributed by atoms with Gasteiger partial charge in [-0.1, -0.05) is 18.2 Å². The fourth-order valence-electron chi connectivity index (χ4n) is 4.16. The quantitative estimate of drug-likeness (QED) is 0.324. The smallest absolute Gasteiger partial charge is 0.191 e. The molecular weight excluding hydrogens is 501 g/mol. The van der Waals surface area contributed by atoms with E-state index in [9.17, 15) is 0 Å². The topological polar surface area (TPSA) is 61.8 Å². The van der Waals surface area contributed by atoms with E-state index in [2.05, 4.69) is 57.8 Å². The van der Waals surface area contributed by atoms with E-state index < -0.39 is 0 Å². The van der Waals surface area contributed by atoms with Crippen molar-refractivity contribution in [2.75, 3.05) is 32.8 Å². The van der Waals surface area contributed by atoms with Gasteiger partial charge in [0, 0.05) is 51.4 Å². The summed E-state index contributed by atoms with van der Waals surface area (Å²) in [5, 5.41) is 7.05. The summed E-state index contributed by atoms with van der Waals surface area (Å²) >= 11 is 0. The van der Waals surface area contributed by atoms with Gasteiger partial charge in [-0.15, -0.1) is 24.0 Å². The molecule has 7 heteroatoms. The maximum atomic E-state index is 5.60. The number of pyridine rings is 1. The number of guanidine groups is 1. The van der Waals surface area contributed by atoms with Crippen molar-refractivity contribution >= 4 is 29.9 Å². The van der Waals surface area contributed by atoms with Crippen LogP contribution in [0.4, 0.5) is 0 Å². The van der Waals surface area contributed by atoms with Crippen LogP contribution in [0.5, 0.6) is 5.75 Å². The summed E-state index contributed by atoms with van der Waals surface area (Å²) in [4.78, 5) is 11.8. The van der Waals surface area contributed by atoms with Crippen molar-refractivity contribution in [1.82, 2.24) is 20.5 Å². The highest BCUT2D eigenvalue weighted by atomic mass is 127. The van der Waals surface area contributed by atoms with Crippen LogP contribution in [0.25, 0.3) is 0 Å². The first-order valence-corrected chi connectivity index (χ1v) is 11.2. The Kier molecular flexibility index (Phi) is 9.39.